The first kappa shape index (κ1) is 22.3. The Hall–Kier alpha value is -3.39. The number of rotatable bonds is 9. The Morgan fingerprint density at radius 2 is 1.58 bits per heavy atom. The molecule has 0 heterocycles. The number of alkyl halides is 2. The number of ether oxygens (including phenoxy) is 1. The molecule has 0 fully saturated rings. The number of benzene rings is 3. The third-order valence-corrected chi connectivity index (χ3v) is 4.87. The van der Waals surface area contributed by atoms with Crippen LogP contribution in [-0.2, 0) is 11.3 Å². The van der Waals surface area contributed by atoms with Gasteiger partial charge in [0.25, 0.3) is 17.6 Å². The maximum Gasteiger partial charge on any atom is 0.288 e. The molecular weight excluding hydrogens is 422 g/mol. The zero-order chi connectivity index (χ0) is 22.1. The molecule has 0 radical (unpaired) electrons. The molecule has 0 aromatic heterocycles. The van der Waals surface area contributed by atoms with Crippen molar-refractivity contribution in [1.82, 2.24) is 5.32 Å². The molecule has 0 bridgehead atoms. The Labute approximate surface area is 182 Å². The number of hydrogen-bond donors (Lipinski definition) is 2. The van der Waals surface area contributed by atoms with Crippen molar-refractivity contribution in [3.8, 4) is 5.75 Å². The van der Waals surface area contributed by atoms with Gasteiger partial charge in [0.05, 0.1) is 5.56 Å². The highest BCUT2D eigenvalue weighted by Gasteiger charge is 2.13. The van der Waals surface area contributed by atoms with E-state index >= 15 is 0 Å². The van der Waals surface area contributed by atoms with Gasteiger partial charge in [-0.3, -0.25) is 9.59 Å². The molecule has 0 aliphatic carbocycles. The largest absolute Gasteiger partial charge is 0.483 e. The van der Waals surface area contributed by atoms with Crippen LogP contribution in [0.1, 0.15) is 15.9 Å². The molecule has 0 saturated heterocycles. The summed E-state index contributed by atoms with van der Waals surface area (Å²) in [4.78, 5) is 25.1. The third-order valence-electron chi connectivity index (χ3n) is 4.15. The minimum Gasteiger partial charge on any atom is -0.483 e. The van der Waals surface area contributed by atoms with Gasteiger partial charge in [-0.05, 0) is 42.0 Å². The van der Waals surface area contributed by atoms with Crippen molar-refractivity contribution in [2.24, 2.45) is 0 Å². The number of para-hydroxylation sites is 1. The molecule has 2 N–H and O–H groups in total. The van der Waals surface area contributed by atoms with E-state index in [0.717, 1.165) is 5.56 Å². The van der Waals surface area contributed by atoms with E-state index in [9.17, 15) is 18.4 Å². The first-order chi connectivity index (χ1) is 15.0. The topological polar surface area (TPSA) is 67.4 Å². The van der Waals surface area contributed by atoms with Crippen LogP contribution in [0, 0.1) is 0 Å². The smallest absolute Gasteiger partial charge is 0.288 e. The highest BCUT2D eigenvalue weighted by molar-refractivity contribution is 7.99. The average Bonchev–Trinajstić information content (AvgIpc) is 2.78. The third kappa shape index (κ3) is 7.11. The van der Waals surface area contributed by atoms with Crippen LogP contribution in [0.5, 0.6) is 5.75 Å². The predicted octanol–water partition coefficient (Wildman–Crippen LogP) is 4.95. The van der Waals surface area contributed by atoms with E-state index < -0.39 is 11.7 Å². The van der Waals surface area contributed by atoms with Gasteiger partial charge in [0.15, 0.2) is 6.61 Å². The molecule has 0 atom stereocenters. The predicted molar refractivity (Wildman–Crippen MR) is 116 cm³/mol. The minimum atomic E-state index is -2.50. The number of nitrogens with one attached hydrogen (secondary N) is 2. The van der Waals surface area contributed by atoms with Crippen molar-refractivity contribution in [1.29, 1.82) is 0 Å². The van der Waals surface area contributed by atoms with Gasteiger partial charge in [-0.2, -0.15) is 8.78 Å². The Morgan fingerprint density at radius 3 is 2.29 bits per heavy atom. The Bertz CT molecular complexity index is 1010. The molecule has 0 saturated carbocycles. The van der Waals surface area contributed by atoms with Crippen LogP contribution >= 0.6 is 11.8 Å². The summed E-state index contributed by atoms with van der Waals surface area (Å²) in [6, 6.07) is 22.2. The van der Waals surface area contributed by atoms with Gasteiger partial charge in [-0.1, -0.05) is 54.2 Å². The number of thioether (sulfide) groups is 1. The summed E-state index contributed by atoms with van der Waals surface area (Å²) in [6.45, 7) is 0.0604. The maximum atomic E-state index is 12.5. The summed E-state index contributed by atoms with van der Waals surface area (Å²) in [5.74, 6) is -2.97. The number of carbonyl (C=O) groups excluding carboxylic acids is 2. The number of anilines is 1. The summed E-state index contributed by atoms with van der Waals surface area (Å²) in [5, 5.41) is 5.45. The minimum absolute atomic E-state index is 0.284. The summed E-state index contributed by atoms with van der Waals surface area (Å²) in [7, 11) is 0. The van der Waals surface area contributed by atoms with Gasteiger partial charge in [-0.25, -0.2) is 0 Å². The second-order valence-electron chi connectivity index (χ2n) is 6.40. The molecule has 2 amide bonds. The van der Waals surface area contributed by atoms with Gasteiger partial charge in [0, 0.05) is 17.1 Å². The number of halogens is 2. The molecule has 3 rings (SSSR count). The zero-order valence-corrected chi connectivity index (χ0v) is 17.2. The highest BCUT2D eigenvalue weighted by atomic mass is 32.2. The Kier molecular flexibility index (Phi) is 8.00. The molecule has 8 heteroatoms. The first-order valence-electron chi connectivity index (χ1n) is 9.40. The Morgan fingerprint density at radius 1 is 0.903 bits per heavy atom. The maximum absolute atomic E-state index is 12.5. The van der Waals surface area contributed by atoms with Crippen LogP contribution in [0.25, 0.3) is 0 Å². The molecule has 0 unspecified atom stereocenters. The summed E-state index contributed by atoms with van der Waals surface area (Å²) >= 11 is 0.432. The van der Waals surface area contributed by atoms with Crippen LogP contribution in [-0.4, -0.2) is 24.2 Å². The second kappa shape index (κ2) is 11.1. The van der Waals surface area contributed by atoms with Gasteiger partial charge in [-0.15, -0.1) is 0 Å². The van der Waals surface area contributed by atoms with Crippen molar-refractivity contribution >= 4 is 29.3 Å². The van der Waals surface area contributed by atoms with Crippen LogP contribution in [0.3, 0.4) is 0 Å². The standard InChI is InChI=1S/C23H20F2N2O3S/c24-23(25)31-18-12-10-17(11-13-18)27-21(28)15-30-20-9-5-4-8-19(20)22(29)26-14-16-6-2-1-3-7-16/h1-13,23H,14-15H2,(H,26,29)(H,27,28). The summed E-state index contributed by atoms with van der Waals surface area (Å²) in [6.07, 6.45) is 0. The van der Waals surface area contributed by atoms with E-state index in [0.29, 0.717) is 34.5 Å². The lowest BCUT2D eigenvalue weighted by atomic mass is 10.1. The fourth-order valence-corrected chi connectivity index (χ4v) is 3.21. The highest BCUT2D eigenvalue weighted by Crippen LogP contribution is 2.26. The Balaban J connectivity index is 1.54. The van der Waals surface area contributed by atoms with Crippen molar-refractivity contribution in [3.63, 3.8) is 0 Å². The molecule has 160 valence electrons. The van der Waals surface area contributed by atoms with Crippen LogP contribution < -0.4 is 15.4 Å². The lowest BCUT2D eigenvalue weighted by molar-refractivity contribution is -0.118. The van der Waals surface area contributed by atoms with Crippen molar-refractivity contribution in [2.75, 3.05) is 11.9 Å². The molecule has 0 aliphatic rings. The zero-order valence-electron chi connectivity index (χ0n) is 16.4. The van der Waals surface area contributed by atoms with Gasteiger partial charge in [0.1, 0.15) is 5.75 Å². The van der Waals surface area contributed by atoms with Crippen LogP contribution in [0.15, 0.2) is 83.8 Å². The molecular formula is C23H20F2N2O3S. The molecule has 0 aliphatic heterocycles. The van der Waals surface area contributed by atoms with E-state index in [-0.39, 0.29) is 18.3 Å². The number of hydrogen-bond acceptors (Lipinski definition) is 4. The fraction of sp³-hybridized carbons (Fsp3) is 0.130. The van der Waals surface area contributed by atoms with Crippen molar-refractivity contribution < 1.29 is 23.1 Å². The van der Waals surface area contributed by atoms with E-state index in [4.69, 9.17) is 4.74 Å². The number of carbonyl (C=O) groups is 2. The average molecular weight is 442 g/mol. The van der Waals surface area contributed by atoms with Gasteiger partial charge < -0.3 is 15.4 Å². The molecule has 5 nitrogen and oxygen atoms in total. The van der Waals surface area contributed by atoms with Crippen molar-refractivity contribution in [3.05, 3.63) is 90.0 Å². The molecule has 3 aromatic rings. The lowest BCUT2D eigenvalue weighted by Crippen LogP contribution is -2.25. The second-order valence-corrected chi connectivity index (χ2v) is 7.47. The van der Waals surface area contributed by atoms with Crippen LogP contribution in [0.4, 0.5) is 14.5 Å². The molecule has 3 aromatic carbocycles. The van der Waals surface area contributed by atoms with Crippen molar-refractivity contribution in [2.45, 2.75) is 17.2 Å². The lowest BCUT2D eigenvalue weighted by Gasteiger charge is -2.12. The first-order valence-corrected chi connectivity index (χ1v) is 10.3. The van der Waals surface area contributed by atoms with Gasteiger partial charge >= 0.3 is 0 Å². The molecule has 31 heavy (non-hydrogen) atoms. The SMILES string of the molecule is O=C(COc1ccccc1C(=O)NCc1ccccc1)Nc1ccc(SC(F)F)cc1. The van der Waals surface area contributed by atoms with E-state index in [2.05, 4.69) is 10.6 Å². The fourth-order valence-electron chi connectivity index (χ4n) is 2.71. The summed E-state index contributed by atoms with van der Waals surface area (Å²) < 4.78 is 30.3. The monoisotopic (exact) mass is 442 g/mol. The van der Waals surface area contributed by atoms with E-state index in [1.54, 1.807) is 24.3 Å². The quantitative estimate of drug-likeness (QED) is 0.460. The van der Waals surface area contributed by atoms with Crippen LogP contribution in [0.2, 0.25) is 0 Å². The normalized spacial score (nSPS) is 10.5. The van der Waals surface area contributed by atoms with E-state index in [1.165, 1.54) is 24.3 Å². The summed E-state index contributed by atoms with van der Waals surface area (Å²) in [5.41, 5.74) is 1.74. The van der Waals surface area contributed by atoms with Gasteiger partial charge in [0.2, 0.25) is 0 Å². The van der Waals surface area contributed by atoms with E-state index in [1.807, 2.05) is 30.3 Å². The number of amides is 2. The molecule has 0 spiro atoms.